The van der Waals surface area contributed by atoms with E-state index in [9.17, 15) is 0 Å². The predicted octanol–water partition coefficient (Wildman–Crippen LogP) is 3.10. The molecule has 1 unspecified atom stereocenters. The van der Waals surface area contributed by atoms with Crippen molar-refractivity contribution in [1.82, 2.24) is 0 Å². The smallest absolute Gasteiger partial charge is 0.0720 e. The average Bonchev–Trinajstić information content (AvgIpc) is 2.26. The SMILES string of the molecule is CC(C)CC(C)OCc1cccc(CN)c1. The van der Waals surface area contributed by atoms with E-state index >= 15 is 0 Å². The summed E-state index contributed by atoms with van der Waals surface area (Å²) in [6, 6.07) is 8.28. The van der Waals surface area contributed by atoms with Gasteiger partial charge in [-0.2, -0.15) is 0 Å². The van der Waals surface area contributed by atoms with Crippen molar-refractivity contribution in [3.8, 4) is 0 Å². The minimum absolute atomic E-state index is 0.321. The first-order valence-electron chi connectivity index (χ1n) is 6.01. The number of hydrogen-bond donors (Lipinski definition) is 1. The van der Waals surface area contributed by atoms with E-state index in [0.717, 1.165) is 12.0 Å². The van der Waals surface area contributed by atoms with Crippen LogP contribution in [0, 0.1) is 5.92 Å². The minimum Gasteiger partial charge on any atom is -0.374 e. The van der Waals surface area contributed by atoms with Crippen LogP contribution in [0.5, 0.6) is 0 Å². The lowest BCUT2D eigenvalue weighted by Gasteiger charge is -2.15. The molecular weight excluding hydrogens is 198 g/mol. The van der Waals surface area contributed by atoms with Gasteiger partial charge in [-0.1, -0.05) is 38.1 Å². The Labute approximate surface area is 98.8 Å². The van der Waals surface area contributed by atoms with Gasteiger partial charge in [-0.25, -0.2) is 0 Å². The van der Waals surface area contributed by atoms with E-state index < -0.39 is 0 Å². The Hall–Kier alpha value is -0.860. The van der Waals surface area contributed by atoms with Crippen LogP contribution < -0.4 is 5.73 Å². The number of ether oxygens (including phenoxy) is 1. The van der Waals surface area contributed by atoms with Gasteiger partial charge >= 0.3 is 0 Å². The highest BCUT2D eigenvalue weighted by Crippen LogP contribution is 2.11. The molecule has 0 aromatic heterocycles. The maximum Gasteiger partial charge on any atom is 0.0720 e. The summed E-state index contributed by atoms with van der Waals surface area (Å²) < 4.78 is 5.80. The van der Waals surface area contributed by atoms with E-state index in [1.807, 2.05) is 12.1 Å². The highest BCUT2D eigenvalue weighted by atomic mass is 16.5. The van der Waals surface area contributed by atoms with E-state index in [1.165, 1.54) is 5.56 Å². The molecule has 1 atom stereocenters. The van der Waals surface area contributed by atoms with Crippen LogP contribution >= 0.6 is 0 Å². The third kappa shape index (κ3) is 4.77. The fourth-order valence-corrected chi connectivity index (χ4v) is 1.82. The fraction of sp³-hybridized carbons (Fsp3) is 0.571. The van der Waals surface area contributed by atoms with Gasteiger partial charge in [0.15, 0.2) is 0 Å². The molecule has 0 aliphatic heterocycles. The Morgan fingerprint density at radius 3 is 2.50 bits per heavy atom. The number of rotatable bonds is 6. The van der Waals surface area contributed by atoms with E-state index in [2.05, 4.69) is 32.9 Å². The lowest BCUT2D eigenvalue weighted by atomic mass is 10.1. The molecular formula is C14H23NO. The van der Waals surface area contributed by atoms with Crippen molar-refractivity contribution < 1.29 is 4.74 Å². The van der Waals surface area contributed by atoms with E-state index in [4.69, 9.17) is 10.5 Å². The van der Waals surface area contributed by atoms with Crippen molar-refractivity contribution >= 4 is 0 Å². The fourth-order valence-electron chi connectivity index (χ4n) is 1.82. The maximum atomic E-state index is 5.80. The highest BCUT2D eigenvalue weighted by molar-refractivity contribution is 5.22. The molecule has 0 aliphatic rings. The molecule has 2 nitrogen and oxygen atoms in total. The molecule has 0 spiro atoms. The molecule has 2 N–H and O–H groups in total. The van der Waals surface area contributed by atoms with Crippen molar-refractivity contribution in [1.29, 1.82) is 0 Å². The van der Waals surface area contributed by atoms with Gasteiger partial charge < -0.3 is 10.5 Å². The van der Waals surface area contributed by atoms with Gasteiger partial charge in [0.1, 0.15) is 0 Å². The standard InChI is InChI=1S/C14H23NO/c1-11(2)7-12(3)16-10-14-6-4-5-13(8-14)9-15/h4-6,8,11-12H,7,9-10,15H2,1-3H3. The summed E-state index contributed by atoms with van der Waals surface area (Å²) in [6.45, 7) is 7.84. The first kappa shape index (κ1) is 13.2. The first-order chi connectivity index (χ1) is 7.61. The Balaban J connectivity index is 2.41. The van der Waals surface area contributed by atoms with Crippen LogP contribution in [0.2, 0.25) is 0 Å². The Morgan fingerprint density at radius 1 is 1.19 bits per heavy atom. The van der Waals surface area contributed by atoms with Crippen molar-refractivity contribution in [2.75, 3.05) is 0 Å². The molecule has 1 aromatic carbocycles. The second kappa shape index (κ2) is 6.66. The monoisotopic (exact) mass is 221 g/mol. The van der Waals surface area contributed by atoms with Gasteiger partial charge in [-0.15, -0.1) is 0 Å². The van der Waals surface area contributed by atoms with Crippen LogP contribution in [0.3, 0.4) is 0 Å². The van der Waals surface area contributed by atoms with Crippen LogP contribution in [0.1, 0.15) is 38.3 Å². The van der Waals surface area contributed by atoms with Crippen LogP contribution in [-0.4, -0.2) is 6.10 Å². The van der Waals surface area contributed by atoms with Gasteiger partial charge in [-0.05, 0) is 30.4 Å². The number of benzene rings is 1. The zero-order chi connectivity index (χ0) is 12.0. The van der Waals surface area contributed by atoms with Gasteiger partial charge in [0.2, 0.25) is 0 Å². The normalized spacial score (nSPS) is 13.1. The molecule has 0 saturated heterocycles. The van der Waals surface area contributed by atoms with Crippen LogP contribution in [0.15, 0.2) is 24.3 Å². The largest absolute Gasteiger partial charge is 0.374 e. The number of nitrogens with two attached hydrogens (primary N) is 1. The van der Waals surface area contributed by atoms with E-state index in [0.29, 0.717) is 25.2 Å². The Kier molecular flexibility index (Phi) is 5.50. The molecule has 90 valence electrons. The molecule has 2 heteroatoms. The third-order valence-corrected chi connectivity index (χ3v) is 2.56. The molecule has 0 aliphatic carbocycles. The maximum absolute atomic E-state index is 5.80. The minimum atomic E-state index is 0.321. The molecule has 0 amide bonds. The molecule has 0 saturated carbocycles. The quantitative estimate of drug-likeness (QED) is 0.801. The zero-order valence-corrected chi connectivity index (χ0v) is 10.6. The zero-order valence-electron chi connectivity index (χ0n) is 10.6. The van der Waals surface area contributed by atoms with Crippen LogP contribution in [-0.2, 0) is 17.9 Å². The summed E-state index contributed by atoms with van der Waals surface area (Å²) in [6.07, 6.45) is 1.43. The molecule has 0 bridgehead atoms. The average molecular weight is 221 g/mol. The summed E-state index contributed by atoms with van der Waals surface area (Å²) in [4.78, 5) is 0. The van der Waals surface area contributed by atoms with Crippen molar-refractivity contribution in [3.63, 3.8) is 0 Å². The molecule has 0 fully saturated rings. The molecule has 1 aromatic rings. The van der Waals surface area contributed by atoms with Gasteiger partial charge in [-0.3, -0.25) is 0 Å². The predicted molar refractivity (Wildman–Crippen MR) is 68.0 cm³/mol. The second-order valence-electron chi connectivity index (χ2n) is 4.78. The van der Waals surface area contributed by atoms with Crippen LogP contribution in [0.25, 0.3) is 0 Å². The van der Waals surface area contributed by atoms with Crippen molar-refractivity contribution in [2.45, 2.75) is 46.4 Å². The lowest BCUT2D eigenvalue weighted by molar-refractivity contribution is 0.0397. The first-order valence-corrected chi connectivity index (χ1v) is 6.01. The topological polar surface area (TPSA) is 35.2 Å². The van der Waals surface area contributed by atoms with Crippen molar-refractivity contribution in [3.05, 3.63) is 35.4 Å². The van der Waals surface area contributed by atoms with E-state index in [1.54, 1.807) is 0 Å². The second-order valence-corrected chi connectivity index (χ2v) is 4.78. The molecule has 0 radical (unpaired) electrons. The van der Waals surface area contributed by atoms with Crippen molar-refractivity contribution in [2.24, 2.45) is 11.7 Å². The Morgan fingerprint density at radius 2 is 1.88 bits per heavy atom. The van der Waals surface area contributed by atoms with Gasteiger partial charge in [0.25, 0.3) is 0 Å². The number of hydrogen-bond acceptors (Lipinski definition) is 2. The molecule has 0 heterocycles. The highest BCUT2D eigenvalue weighted by Gasteiger charge is 2.05. The van der Waals surface area contributed by atoms with Gasteiger partial charge in [0.05, 0.1) is 12.7 Å². The summed E-state index contributed by atoms with van der Waals surface area (Å²) >= 11 is 0. The summed E-state index contributed by atoms with van der Waals surface area (Å²) in [5.74, 6) is 0.686. The summed E-state index contributed by atoms with van der Waals surface area (Å²) in [7, 11) is 0. The van der Waals surface area contributed by atoms with Crippen LogP contribution in [0.4, 0.5) is 0 Å². The third-order valence-electron chi connectivity index (χ3n) is 2.56. The molecule has 16 heavy (non-hydrogen) atoms. The van der Waals surface area contributed by atoms with E-state index in [-0.39, 0.29) is 0 Å². The van der Waals surface area contributed by atoms with Gasteiger partial charge in [0, 0.05) is 6.54 Å². The molecule has 1 rings (SSSR count). The summed E-state index contributed by atoms with van der Waals surface area (Å²) in [5.41, 5.74) is 7.97. The lowest BCUT2D eigenvalue weighted by Crippen LogP contribution is -2.11. The Bertz CT molecular complexity index is 309. The summed E-state index contributed by atoms with van der Waals surface area (Å²) in [5, 5.41) is 0.